The minimum Gasteiger partial charge on any atom is -0.356 e. The zero-order chi connectivity index (χ0) is 20.1. The van der Waals surface area contributed by atoms with Crippen molar-refractivity contribution in [3.63, 3.8) is 0 Å². The SMILES string of the molecule is CNC(=O)/C=C/c1cncc(-c2nc3ccccc3n2CCc2ccccc2)c1. The first-order chi connectivity index (χ1) is 14.2. The molecule has 2 heterocycles. The molecule has 4 aromatic rings. The van der Waals surface area contributed by atoms with Gasteiger partial charge in [-0.1, -0.05) is 42.5 Å². The minimum absolute atomic E-state index is 0.148. The summed E-state index contributed by atoms with van der Waals surface area (Å²) in [5.41, 5.74) is 5.13. The van der Waals surface area contributed by atoms with Crippen molar-refractivity contribution < 1.29 is 4.79 Å². The predicted molar refractivity (Wildman–Crippen MR) is 116 cm³/mol. The van der Waals surface area contributed by atoms with Crippen molar-refractivity contribution in [1.29, 1.82) is 0 Å². The van der Waals surface area contributed by atoms with Crippen LogP contribution in [0.5, 0.6) is 0 Å². The summed E-state index contributed by atoms with van der Waals surface area (Å²) in [6, 6.07) is 20.6. The Morgan fingerprint density at radius 3 is 2.69 bits per heavy atom. The summed E-state index contributed by atoms with van der Waals surface area (Å²) in [5.74, 6) is 0.732. The van der Waals surface area contributed by atoms with Crippen molar-refractivity contribution in [2.24, 2.45) is 0 Å². The Labute approximate surface area is 169 Å². The van der Waals surface area contributed by atoms with Crippen molar-refractivity contribution in [2.75, 3.05) is 7.05 Å². The molecule has 0 aliphatic carbocycles. The van der Waals surface area contributed by atoms with Gasteiger partial charge >= 0.3 is 0 Å². The Hall–Kier alpha value is -3.73. The molecule has 0 saturated heterocycles. The summed E-state index contributed by atoms with van der Waals surface area (Å²) in [7, 11) is 1.61. The number of carbonyl (C=O) groups is 1. The highest BCUT2D eigenvalue weighted by atomic mass is 16.1. The van der Waals surface area contributed by atoms with Crippen LogP contribution in [-0.2, 0) is 17.8 Å². The predicted octanol–water partition coefficient (Wildman–Crippen LogP) is 4.10. The van der Waals surface area contributed by atoms with Crippen molar-refractivity contribution in [1.82, 2.24) is 19.9 Å². The smallest absolute Gasteiger partial charge is 0.243 e. The number of likely N-dealkylation sites (N-methyl/N-ethyl adjacent to an activating group) is 1. The van der Waals surface area contributed by atoms with Crippen molar-refractivity contribution in [2.45, 2.75) is 13.0 Å². The fourth-order valence-electron chi connectivity index (χ4n) is 3.33. The Bertz CT molecular complexity index is 1160. The number of nitrogens with one attached hydrogen (secondary N) is 1. The van der Waals surface area contributed by atoms with Crippen molar-refractivity contribution in [3.8, 4) is 11.4 Å². The maximum Gasteiger partial charge on any atom is 0.243 e. The second-order valence-corrected chi connectivity index (χ2v) is 6.77. The van der Waals surface area contributed by atoms with E-state index in [1.807, 2.05) is 36.5 Å². The Morgan fingerprint density at radius 2 is 1.86 bits per heavy atom. The summed E-state index contributed by atoms with van der Waals surface area (Å²) >= 11 is 0. The van der Waals surface area contributed by atoms with E-state index in [9.17, 15) is 4.79 Å². The van der Waals surface area contributed by atoms with Gasteiger partial charge in [0.2, 0.25) is 5.91 Å². The zero-order valence-corrected chi connectivity index (χ0v) is 16.2. The van der Waals surface area contributed by atoms with Crippen LogP contribution in [0.3, 0.4) is 0 Å². The van der Waals surface area contributed by atoms with Crippen LogP contribution in [0.4, 0.5) is 0 Å². The normalized spacial score (nSPS) is 11.2. The number of hydrogen-bond donors (Lipinski definition) is 1. The van der Waals surface area contributed by atoms with Crippen LogP contribution in [0.15, 0.2) is 79.1 Å². The number of aromatic nitrogens is 3. The molecule has 0 aliphatic rings. The minimum atomic E-state index is -0.148. The third-order valence-corrected chi connectivity index (χ3v) is 4.81. The van der Waals surface area contributed by atoms with Crippen molar-refractivity contribution >= 4 is 23.0 Å². The molecule has 2 aromatic carbocycles. The third kappa shape index (κ3) is 4.24. The molecule has 0 spiro atoms. The molecular formula is C24H22N4O. The van der Waals surface area contributed by atoms with Crippen LogP contribution in [0.1, 0.15) is 11.1 Å². The number of benzene rings is 2. The molecular weight excluding hydrogens is 360 g/mol. The van der Waals surface area contributed by atoms with Crippen LogP contribution in [0.25, 0.3) is 28.5 Å². The molecule has 0 unspecified atom stereocenters. The summed E-state index contributed by atoms with van der Waals surface area (Å²) in [5, 5.41) is 2.58. The molecule has 0 aliphatic heterocycles. The number of aryl methyl sites for hydroxylation is 2. The summed E-state index contributed by atoms with van der Waals surface area (Å²) in [6.07, 6.45) is 7.72. The van der Waals surface area contributed by atoms with E-state index in [0.29, 0.717) is 0 Å². The van der Waals surface area contributed by atoms with Crippen molar-refractivity contribution in [3.05, 3.63) is 90.3 Å². The van der Waals surface area contributed by atoms with Gasteiger partial charge in [-0.25, -0.2) is 4.98 Å². The number of amides is 1. The number of hydrogen-bond acceptors (Lipinski definition) is 3. The van der Waals surface area contributed by atoms with E-state index in [1.165, 1.54) is 11.6 Å². The first-order valence-corrected chi connectivity index (χ1v) is 9.59. The fourth-order valence-corrected chi connectivity index (χ4v) is 3.33. The molecule has 144 valence electrons. The van der Waals surface area contributed by atoms with E-state index in [4.69, 9.17) is 4.98 Å². The maximum absolute atomic E-state index is 11.5. The second kappa shape index (κ2) is 8.52. The van der Waals surface area contributed by atoms with Gasteiger partial charge in [-0.15, -0.1) is 0 Å². The molecule has 0 saturated carbocycles. The number of para-hydroxylation sites is 2. The monoisotopic (exact) mass is 382 g/mol. The van der Waals surface area contributed by atoms with Crippen LogP contribution in [0, 0.1) is 0 Å². The maximum atomic E-state index is 11.5. The molecule has 0 radical (unpaired) electrons. The van der Waals surface area contributed by atoms with Gasteiger partial charge in [-0.2, -0.15) is 0 Å². The molecule has 4 rings (SSSR count). The number of fused-ring (bicyclic) bond motifs is 1. The summed E-state index contributed by atoms with van der Waals surface area (Å²) in [4.78, 5) is 20.7. The lowest BCUT2D eigenvalue weighted by molar-refractivity contribution is -0.115. The van der Waals surface area contributed by atoms with Gasteiger partial charge in [-0.05, 0) is 41.8 Å². The van der Waals surface area contributed by atoms with Gasteiger partial charge in [0.15, 0.2) is 0 Å². The topological polar surface area (TPSA) is 59.8 Å². The molecule has 29 heavy (non-hydrogen) atoms. The summed E-state index contributed by atoms with van der Waals surface area (Å²) in [6.45, 7) is 0.818. The largest absolute Gasteiger partial charge is 0.356 e. The van der Waals surface area contributed by atoms with Gasteiger partial charge < -0.3 is 9.88 Å². The molecule has 5 nitrogen and oxygen atoms in total. The molecule has 1 N–H and O–H groups in total. The fraction of sp³-hybridized carbons (Fsp3) is 0.125. The van der Waals surface area contributed by atoms with E-state index < -0.39 is 0 Å². The lowest BCUT2D eigenvalue weighted by Crippen LogP contribution is -2.13. The van der Waals surface area contributed by atoms with Gasteiger partial charge in [-0.3, -0.25) is 9.78 Å². The first kappa shape index (κ1) is 18.6. The highest BCUT2D eigenvalue weighted by Crippen LogP contribution is 2.25. The first-order valence-electron chi connectivity index (χ1n) is 9.59. The van der Waals surface area contributed by atoms with Crippen LogP contribution < -0.4 is 5.32 Å². The Morgan fingerprint density at radius 1 is 1.07 bits per heavy atom. The van der Waals surface area contributed by atoms with E-state index >= 15 is 0 Å². The van der Waals surface area contributed by atoms with E-state index in [1.54, 1.807) is 19.3 Å². The molecule has 2 aromatic heterocycles. The van der Waals surface area contributed by atoms with Crippen LogP contribution in [0.2, 0.25) is 0 Å². The molecule has 0 atom stereocenters. The highest BCUT2D eigenvalue weighted by Gasteiger charge is 2.13. The number of carbonyl (C=O) groups excluding carboxylic acids is 1. The van der Waals surface area contributed by atoms with Crippen LogP contribution in [-0.4, -0.2) is 27.5 Å². The van der Waals surface area contributed by atoms with E-state index in [0.717, 1.165) is 41.0 Å². The number of imidazole rings is 1. The third-order valence-electron chi connectivity index (χ3n) is 4.81. The highest BCUT2D eigenvalue weighted by molar-refractivity contribution is 5.91. The zero-order valence-electron chi connectivity index (χ0n) is 16.2. The van der Waals surface area contributed by atoms with Gasteiger partial charge in [0.05, 0.1) is 11.0 Å². The number of nitrogens with zero attached hydrogens (tertiary/aromatic N) is 3. The Kier molecular flexibility index (Phi) is 5.47. The molecule has 0 bridgehead atoms. The van der Waals surface area contributed by atoms with E-state index in [2.05, 4.69) is 45.2 Å². The molecule has 5 heteroatoms. The average molecular weight is 382 g/mol. The molecule has 0 fully saturated rings. The number of pyridine rings is 1. The van der Waals surface area contributed by atoms with Gasteiger partial charge in [0.25, 0.3) is 0 Å². The van der Waals surface area contributed by atoms with Crippen LogP contribution >= 0.6 is 0 Å². The second-order valence-electron chi connectivity index (χ2n) is 6.77. The Balaban J connectivity index is 1.72. The lowest BCUT2D eigenvalue weighted by Gasteiger charge is -2.10. The molecule has 1 amide bonds. The van der Waals surface area contributed by atoms with Gasteiger partial charge in [0, 0.05) is 37.6 Å². The number of rotatable bonds is 6. The summed E-state index contributed by atoms with van der Waals surface area (Å²) < 4.78 is 2.24. The quantitative estimate of drug-likeness (QED) is 0.511. The van der Waals surface area contributed by atoms with Gasteiger partial charge in [0.1, 0.15) is 5.82 Å². The standard InChI is InChI=1S/C24H22N4O/c1-25-23(29)12-11-19-15-20(17-26-16-19)24-27-21-9-5-6-10-22(21)28(24)14-13-18-7-3-2-4-8-18/h2-12,15-17H,13-14H2,1H3,(H,25,29)/b12-11+. The van der Waals surface area contributed by atoms with E-state index in [-0.39, 0.29) is 5.91 Å². The average Bonchev–Trinajstić information content (AvgIpc) is 3.15. The lowest BCUT2D eigenvalue weighted by atomic mass is 10.1.